The molecule has 1 aliphatic carbocycles. The van der Waals surface area contributed by atoms with Gasteiger partial charge in [0.15, 0.2) is 0 Å². The normalized spacial score (nSPS) is 14.8. The molecular weight excluding hydrogens is 263 g/mol. The fourth-order valence-corrected chi connectivity index (χ4v) is 2.73. The average Bonchev–Trinajstić information content (AvgIpc) is 3.12. The molecule has 1 heterocycles. The molecule has 100 valence electrons. The predicted octanol–water partition coefficient (Wildman–Crippen LogP) is 3.53. The molecule has 1 N–H and O–H groups in total. The monoisotopic (exact) mass is 278 g/mol. The summed E-state index contributed by atoms with van der Waals surface area (Å²) in [4.78, 5) is 5.09. The maximum atomic E-state index is 13.9. The van der Waals surface area contributed by atoms with Crippen LogP contribution >= 0.6 is 11.8 Å². The quantitative estimate of drug-likeness (QED) is 0.908. The number of halogens is 1. The van der Waals surface area contributed by atoms with E-state index in [1.165, 1.54) is 30.7 Å². The van der Waals surface area contributed by atoms with Crippen LogP contribution in [0.3, 0.4) is 0 Å². The van der Waals surface area contributed by atoms with E-state index in [0.717, 1.165) is 10.6 Å². The fraction of sp³-hybridized carbons (Fsp3) is 0.357. The molecule has 1 fully saturated rings. The first-order valence-electron chi connectivity index (χ1n) is 6.33. The summed E-state index contributed by atoms with van der Waals surface area (Å²) in [7, 11) is 0. The van der Waals surface area contributed by atoms with Crippen LogP contribution in [0.15, 0.2) is 39.0 Å². The van der Waals surface area contributed by atoms with E-state index in [0.29, 0.717) is 23.4 Å². The van der Waals surface area contributed by atoms with Crippen LogP contribution in [0, 0.1) is 12.7 Å². The number of benzene rings is 1. The molecule has 1 saturated carbocycles. The molecule has 2 aromatic rings. The van der Waals surface area contributed by atoms with Gasteiger partial charge in [-0.3, -0.25) is 0 Å². The molecule has 0 unspecified atom stereocenters. The Morgan fingerprint density at radius 2 is 2.32 bits per heavy atom. The second-order valence-electron chi connectivity index (χ2n) is 4.73. The van der Waals surface area contributed by atoms with Crippen LogP contribution in [-0.2, 0) is 6.54 Å². The first-order chi connectivity index (χ1) is 9.22. The van der Waals surface area contributed by atoms with Crippen molar-refractivity contribution in [2.45, 2.75) is 42.5 Å². The molecule has 3 nitrogen and oxygen atoms in total. The second-order valence-corrected chi connectivity index (χ2v) is 5.72. The molecule has 1 aromatic heterocycles. The number of hydrogen-bond acceptors (Lipinski definition) is 4. The first kappa shape index (κ1) is 12.7. The standard InChI is InChI=1S/C14H15FN2OS/c1-9-8-18-14(17-9)19-13-4-2-3-12(15)11(13)7-16-10-5-6-10/h2-4,8,10,16H,5-7H2,1H3. The van der Waals surface area contributed by atoms with Crippen LogP contribution in [0.2, 0.25) is 0 Å². The third-order valence-corrected chi connectivity index (χ3v) is 3.98. The molecule has 0 spiro atoms. The number of oxazole rings is 1. The Bertz CT molecular complexity index is 581. The summed E-state index contributed by atoms with van der Waals surface area (Å²) in [6.07, 6.45) is 3.98. The molecule has 0 saturated heterocycles. The van der Waals surface area contributed by atoms with Crippen molar-refractivity contribution in [1.29, 1.82) is 0 Å². The van der Waals surface area contributed by atoms with Crippen LogP contribution in [0.4, 0.5) is 4.39 Å². The molecule has 5 heteroatoms. The number of hydrogen-bond donors (Lipinski definition) is 1. The Morgan fingerprint density at radius 3 is 3.00 bits per heavy atom. The molecule has 1 aromatic carbocycles. The van der Waals surface area contributed by atoms with Crippen LogP contribution in [-0.4, -0.2) is 11.0 Å². The van der Waals surface area contributed by atoms with Crippen molar-refractivity contribution in [2.75, 3.05) is 0 Å². The van der Waals surface area contributed by atoms with Crippen molar-refractivity contribution in [3.05, 3.63) is 41.5 Å². The Balaban J connectivity index is 1.80. The third-order valence-electron chi connectivity index (χ3n) is 3.02. The highest BCUT2D eigenvalue weighted by Crippen LogP contribution is 2.31. The second kappa shape index (κ2) is 5.35. The third kappa shape index (κ3) is 3.16. The fourth-order valence-electron chi connectivity index (χ4n) is 1.81. The topological polar surface area (TPSA) is 38.1 Å². The first-order valence-corrected chi connectivity index (χ1v) is 7.15. The van der Waals surface area contributed by atoms with Gasteiger partial charge >= 0.3 is 0 Å². The van der Waals surface area contributed by atoms with Gasteiger partial charge in [-0.05, 0) is 43.7 Å². The number of nitrogens with one attached hydrogen (secondary N) is 1. The van der Waals surface area contributed by atoms with Crippen LogP contribution < -0.4 is 5.32 Å². The van der Waals surface area contributed by atoms with Gasteiger partial charge in [0.25, 0.3) is 5.22 Å². The van der Waals surface area contributed by atoms with E-state index in [1.54, 1.807) is 12.3 Å². The lowest BCUT2D eigenvalue weighted by atomic mass is 10.2. The summed E-state index contributed by atoms with van der Waals surface area (Å²) in [5.41, 5.74) is 1.52. The zero-order valence-corrected chi connectivity index (χ0v) is 11.5. The highest BCUT2D eigenvalue weighted by Gasteiger charge is 2.21. The highest BCUT2D eigenvalue weighted by atomic mass is 32.2. The summed E-state index contributed by atoms with van der Waals surface area (Å²) >= 11 is 1.36. The summed E-state index contributed by atoms with van der Waals surface area (Å²) in [6.45, 7) is 2.42. The van der Waals surface area contributed by atoms with Crippen molar-refractivity contribution < 1.29 is 8.81 Å². The van der Waals surface area contributed by atoms with Gasteiger partial charge in [0, 0.05) is 23.0 Å². The summed E-state index contributed by atoms with van der Waals surface area (Å²) in [5, 5.41) is 3.89. The minimum absolute atomic E-state index is 0.179. The molecule has 3 rings (SSSR count). The number of rotatable bonds is 5. The summed E-state index contributed by atoms with van der Waals surface area (Å²) in [6, 6.07) is 5.67. The van der Waals surface area contributed by atoms with E-state index in [1.807, 2.05) is 13.0 Å². The van der Waals surface area contributed by atoms with Crippen molar-refractivity contribution in [3.8, 4) is 0 Å². The minimum Gasteiger partial charge on any atom is -0.439 e. The molecule has 0 radical (unpaired) electrons. The predicted molar refractivity (Wildman–Crippen MR) is 71.6 cm³/mol. The van der Waals surface area contributed by atoms with Gasteiger partial charge in [-0.2, -0.15) is 0 Å². The van der Waals surface area contributed by atoms with Crippen LogP contribution in [0.25, 0.3) is 0 Å². The van der Waals surface area contributed by atoms with Gasteiger partial charge in [-0.25, -0.2) is 9.37 Å². The average molecular weight is 278 g/mol. The van der Waals surface area contributed by atoms with Crippen molar-refractivity contribution in [2.24, 2.45) is 0 Å². The van der Waals surface area contributed by atoms with Gasteiger partial charge in [0.1, 0.15) is 12.1 Å². The zero-order valence-electron chi connectivity index (χ0n) is 10.6. The number of nitrogens with zero attached hydrogens (tertiary/aromatic N) is 1. The van der Waals surface area contributed by atoms with E-state index in [-0.39, 0.29) is 5.82 Å². The van der Waals surface area contributed by atoms with E-state index in [4.69, 9.17) is 4.42 Å². The molecule has 0 atom stereocenters. The van der Waals surface area contributed by atoms with Gasteiger partial charge in [-0.15, -0.1) is 0 Å². The van der Waals surface area contributed by atoms with Gasteiger partial charge in [-0.1, -0.05) is 6.07 Å². The largest absolute Gasteiger partial charge is 0.439 e. The van der Waals surface area contributed by atoms with Crippen LogP contribution in [0.5, 0.6) is 0 Å². The summed E-state index contributed by atoms with van der Waals surface area (Å²) < 4.78 is 19.2. The lowest BCUT2D eigenvalue weighted by molar-refractivity contribution is 0.454. The molecule has 0 bridgehead atoms. The highest BCUT2D eigenvalue weighted by molar-refractivity contribution is 7.99. The van der Waals surface area contributed by atoms with Gasteiger partial charge < -0.3 is 9.73 Å². The zero-order chi connectivity index (χ0) is 13.2. The van der Waals surface area contributed by atoms with Crippen molar-refractivity contribution in [1.82, 2.24) is 10.3 Å². The lowest BCUT2D eigenvalue weighted by Gasteiger charge is -2.09. The molecular formula is C14H15FN2OS. The van der Waals surface area contributed by atoms with Crippen molar-refractivity contribution >= 4 is 11.8 Å². The lowest BCUT2D eigenvalue weighted by Crippen LogP contribution is -2.16. The Morgan fingerprint density at radius 1 is 1.47 bits per heavy atom. The van der Waals surface area contributed by atoms with E-state index in [2.05, 4.69) is 10.3 Å². The molecule has 0 aliphatic heterocycles. The number of aryl methyl sites for hydroxylation is 1. The van der Waals surface area contributed by atoms with Gasteiger partial charge in [0.05, 0.1) is 5.69 Å². The van der Waals surface area contributed by atoms with E-state index < -0.39 is 0 Å². The smallest absolute Gasteiger partial charge is 0.260 e. The summed E-state index contributed by atoms with van der Waals surface area (Å²) in [5.74, 6) is -0.179. The Labute approximate surface area is 115 Å². The Hall–Kier alpha value is -1.33. The van der Waals surface area contributed by atoms with E-state index in [9.17, 15) is 4.39 Å². The minimum atomic E-state index is -0.179. The maximum absolute atomic E-state index is 13.9. The number of aromatic nitrogens is 1. The van der Waals surface area contributed by atoms with Crippen molar-refractivity contribution in [3.63, 3.8) is 0 Å². The Kier molecular flexibility index (Phi) is 3.57. The van der Waals surface area contributed by atoms with Gasteiger partial charge in [0.2, 0.25) is 0 Å². The molecule has 1 aliphatic rings. The molecule has 19 heavy (non-hydrogen) atoms. The SMILES string of the molecule is Cc1coc(Sc2cccc(F)c2CNC2CC2)n1. The molecule has 0 amide bonds. The maximum Gasteiger partial charge on any atom is 0.260 e. The van der Waals surface area contributed by atoms with E-state index >= 15 is 0 Å². The van der Waals surface area contributed by atoms with Crippen LogP contribution in [0.1, 0.15) is 24.1 Å².